The Morgan fingerprint density at radius 2 is 1.39 bits per heavy atom. The molecule has 4 heteroatoms. The van der Waals surface area contributed by atoms with Gasteiger partial charge in [0.05, 0.1) is 6.61 Å². The molecule has 0 saturated heterocycles. The summed E-state index contributed by atoms with van der Waals surface area (Å²) in [4.78, 5) is 10.8. The van der Waals surface area contributed by atoms with Gasteiger partial charge in [-0.1, -0.05) is 55.5 Å². The van der Waals surface area contributed by atoms with Gasteiger partial charge in [-0.05, 0) is 39.0 Å². The predicted molar refractivity (Wildman–Crippen MR) is 94.3 cm³/mol. The van der Waals surface area contributed by atoms with Crippen molar-refractivity contribution in [3.8, 4) is 0 Å². The van der Waals surface area contributed by atoms with E-state index in [9.17, 15) is 4.79 Å². The molecule has 1 N–H and O–H groups in total. The summed E-state index contributed by atoms with van der Waals surface area (Å²) in [6.07, 6.45) is 20.4. The maximum absolute atomic E-state index is 10.8. The van der Waals surface area contributed by atoms with Crippen molar-refractivity contribution in [2.75, 3.05) is 13.2 Å². The van der Waals surface area contributed by atoms with E-state index < -0.39 is 12.3 Å². The van der Waals surface area contributed by atoms with Crippen LogP contribution >= 0.6 is 0 Å². The van der Waals surface area contributed by atoms with Crippen molar-refractivity contribution < 1.29 is 19.4 Å². The molecule has 23 heavy (non-hydrogen) atoms. The first-order valence-electron chi connectivity index (χ1n) is 8.28. The lowest BCUT2D eigenvalue weighted by Crippen LogP contribution is -2.27. The summed E-state index contributed by atoms with van der Waals surface area (Å²) < 4.78 is 10.1. The van der Waals surface area contributed by atoms with Crippen molar-refractivity contribution in [3.05, 3.63) is 48.6 Å². The number of hydrogen-bond donors (Lipinski definition) is 1. The Morgan fingerprint density at radius 1 is 0.870 bits per heavy atom. The number of carboxylic acids is 1. The van der Waals surface area contributed by atoms with Crippen molar-refractivity contribution in [3.63, 3.8) is 0 Å². The van der Waals surface area contributed by atoms with Gasteiger partial charge in [-0.2, -0.15) is 0 Å². The van der Waals surface area contributed by atoms with Gasteiger partial charge in [0.1, 0.15) is 0 Å². The van der Waals surface area contributed by atoms with Crippen LogP contribution in [0.3, 0.4) is 0 Å². The lowest BCUT2D eigenvalue weighted by Gasteiger charge is -2.12. The summed E-state index contributed by atoms with van der Waals surface area (Å²) in [5.74, 6) is -1.09. The smallest absolute Gasteiger partial charge is 0.361 e. The van der Waals surface area contributed by atoms with Crippen LogP contribution in [0.5, 0.6) is 0 Å². The van der Waals surface area contributed by atoms with Crippen LogP contribution in [0.15, 0.2) is 48.6 Å². The van der Waals surface area contributed by atoms with Crippen LogP contribution in [0.25, 0.3) is 0 Å². The molecule has 0 rings (SSSR count). The Morgan fingerprint density at radius 3 is 1.87 bits per heavy atom. The van der Waals surface area contributed by atoms with Crippen molar-refractivity contribution >= 4 is 5.97 Å². The maximum Gasteiger partial charge on any atom is 0.361 e. The molecule has 1 atom stereocenters. The topological polar surface area (TPSA) is 55.8 Å². The molecule has 0 aromatic rings. The van der Waals surface area contributed by atoms with Crippen LogP contribution < -0.4 is 0 Å². The Balaban J connectivity index is 3.61. The molecule has 0 radical (unpaired) electrons. The van der Waals surface area contributed by atoms with E-state index in [0.717, 1.165) is 25.7 Å². The van der Waals surface area contributed by atoms with Crippen LogP contribution in [-0.2, 0) is 14.3 Å². The van der Waals surface area contributed by atoms with Gasteiger partial charge in [0, 0.05) is 6.61 Å². The van der Waals surface area contributed by atoms with Gasteiger partial charge in [-0.3, -0.25) is 0 Å². The molecule has 0 bridgehead atoms. The van der Waals surface area contributed by atoms with E-state index in [1.54, 1.807) is 6.92 Å². The lowest BCUT2D eigenvalue weighted by atomic mass is 10.2. The number of rotatable bonds is 14. The van der Waals surface area contributed by atoms with Crippen LogP contribution in [0.4, 0.5) is 0 Å². The predicted octanol–water partition coefficient (Wildman–Crippen LogP) is 4.65. The molecule has 0 saturated carbocycles. The highest BCUT2D eigenvalue weighted by atomic mass is 16.7. The number of carboxylic acid groups (broad SMARTS) is 1. The molecular weight excluding hydrogens is 292 g/mol. The summed E-state index contributed by atoms with van der Waals surface area (Å²) in [7, 11) is 0. The van der Waals surface area contributed by atoms with Gasteiger partial charge in [-0.25, -0.2) is 4.79 Å². The minimum atomic E-state index is -1.16. The highest BCUT2D eigenvalue weighted by Gasteiger charge is 2.16. The molecular formula is C19H30O4. The third-order valence-electron chi connectivity index (χ3n) is 2.79. The van der Waals surface area contributed by atoms with Gasteiger partial charge in [-0.15, -0.1) is 0 Å². The van der Waals surface area contributed by atoms with E-state index in [-0.39, 0.29) is 0 Å². The second-order valence-electron chi connectivity index (χ2n) is 4.79. The fraction of sp³-hybridized carbons (Fsp3) is 0.526. The minimum absolute atomic E-state index is 0.320. The molecule has 4 nitrogen and oxygen atoms in total. The van der Waals surface area contributed by atoms with Gasteiger partial charge < -0.3 is 14.6 Å². The minimum Gasteiger partial charge on any atom is -0.477 e. The maximum atomic E-state index is 10.8. The average molecular weight is 322 g/mol. The molecule has 0 aliphatic heterocycles. The van der Waals surface area contributed by atoms with E-state index >= 15 is 0 Å². The first-order valence-corrected chi connectivity index (χ1v) is 8.28. The summed E-state index contributed by atoms with van der Waals surface area (Å²) in [5, 5.41) is 8.82. The number of carbonyl (C=O) groups is 1. The lowest BCUT2D eigenvalue weighted by molar-refractivity contribution is -0.187. The zero-order chi connectivity index (χ0) is 17.2. The first kappa shape index (κ1) is 21.4. The number of ether oxygens (including phenoxy) is 2. The van der Waals surface area contributed by atoms with Crippen molar-refractivity contribution in [2.24, 2.45) is 0 Å². The molecule has 130 valence electrons. The summed E-state index contributed by atoms with van der Waals surface area (Å²) in [6, 6.07) is 0. The molecule has 0 aromatic carbocycles. The number of aliphatic carboxylic acids is 1. The highest BCUT2D eigenvalue weighted by Crippen LogP contribution is 1.99. The first-order chi connectivity index (χ1) is 11.2. The van der Waals surface area contributed by atoms with Crippen molar-refractivity contribution in [1.82, 2.24) is 0 Å². The van der Waals surface area contributed by atoms with Crippen molar-refractivity contribution in [1.29, 1.82) is 0 Å². The van der Waals surface area contributed by atoms with E-state index in [1.807, 2.05) is 12.2 Å². The van der Waals surface area contributed by atoms with Crippen LogP contribution in [0, 0.1) is 0 Å². The van der Waals surface area contributed by atoms with Gasteiger partial charge in [0.15, 0.2) is 0 Å². The number of hydrogen-bond acceptors (Lipinski definition) is 3. The quantitative estimate of drug-likeness (QED) is 0.287. The van der Waals surface area contributed by atoms with E-state index in [4.69, 9.17) is 14.6 Å². The van der Waals surface area contributed by atoms with Gasteiger partial charge in [0.25, 0.3) is 6.29 Å². The fourth-order valence-corrected chi connectivity index (χ4v) is 1.68. The van der Waals surface area contributed by atoms with E-state index in [2.05, 4.69) is 43.4 Å². The van der Waals surface area contributed by atoms with Crippen molar-refractivity contribution in [2.45, 2.75) is 52.2 Å². The molecule has 0 aliphatic carbocycles. The molecule has 0 amide bonds. The van der Waals surface area contributed by atoms with Gasteiger partial charge >= 0.3 is 5.97 Å². The van der Waals surface area contributed by atoms with E-state index in [0.29, 0.717) is 19.6 Å². The normalized spacial score (nSPS) is 13.8. The molecule has 1 unspecified atom stereocenters. The Bertz CT molecular complexity index is 394. The third-order valence-corrected chi connectivity index (χ3v) is 2.79. The molecule has 0 heterocycles. The Labute approximate surface area is 140 Å². The standard InChI is InChI=1S/C19H30O4/c1-3-5-6-7-8-9-10-11-12-13-14-15-16-17-23-19(18(20)21)22-4-2/h5-6,8-9,11-12,14-15,19H,3-4,7,10,13,16-17H2,1-2H3,(H,20,21)/b6-5-,9-8-,12-11-,15-14-. The van der Waals surface area contributed by atoms with Gasteiger partial charge in [0.2, 0.25) is 0 Å². The summed E-state index contributed by atoms with van der Waals surface area (Å²) in [5.41, 5.74) is 0. The molecule has 0 aromatic heterocycles. The van der Waals surface area contributed by atoms with E-state index in [1.165, 1.54) is 0 Å². The van der Waals surface area contributed by atoms with Crippen LogP contribution in [0.1, 0.15) is 46.0 Å². The molecule has 0 spiro atoms. The highest BCUT2D eigenvalue weighted by molar-refractivity contribution is 5.70. The SMILES string of the molecule is CC/C=C\C/C=C\C/C=C\C/C=C\CCOC(OCC)C(=O)O. The summed E-state index contributed by atoms with van der Waals surface area (Å²) in [6.45, 7) is 4.53. The van der Waals surface area contributed by atoms with Crippen LogP contribution in [0.2, 0.25) is 0 Å². The zero-order valence-corrected chi connectivity index (χ0v) is 14.3. The Hall–Kier alpha value is -1.65. The van der Waals surface area contributed by atoms with Crippen LogP contribution in [-0.4, -0.2) is 30.6 Å². The zero-order valence-electron chi connectivity index (χ0n) is 14.3. The average Bonchev–Trinajstić information content (AvgIpc) is 2.54. The second kappa shape index (κ2) is 16.7. The fourth-order valence-electron chi connectivity index (χ4n) is 1.68. The number of allylic oxidation sites excluding steroid dienone is 7. The Kier molecular flexibility index (Phi) is 15.5. The monoisotopic (exact) mass is 322 g/mol. The largest absolute Gasteiger partial charge is 0.477 e. The second-order valence-corrected chi connectivity index (χ2v) is 4.79. The third kappa shape index (κ3) is 15.0. The summed E-state index contributed by atoms with van der Waals surface area (Å²) >= 11 is 0. The molecule has 0 fully saturated rings. The molecule has 0 aliphatic rings.